The average Bonchev–Trinajstić information content (AvgIpc) is 3.39. The van der Waals surface area contributed by atoms with Crippen LogP contribution in [0.5, 0.6) is 5.75 Å². The standard InChI is InChI=1S/C26H27BrN2O5/c1-4-28(5-2)13-14-29-22(16-9-11-18(27)12-10-16)21(24(31)26(29)32)23(30)20-15-17-7-6-8-19(33-3)25(17)34-20/h6-12,15,22,31H,4-5,13-14H2,1-3H3/t22-/m1/s1. The van der Waals surface area contributed by atoms with Gasteiger partial charge in [-0.3, -0.25) is 9.59 Å². The van der Waals surface area contributed by atoms with Crippen molar-refractivity contribution < 1.29 is 23.8 Å². The zero-order valence-electron chi connectivity index (χ0n) is 19.4. The summed E-state index contributed by atoms with van der Waals surface area (Å²) in [5.41, 5.74) is 1.19. The first-order valence-electron chi connectivity index (χ1n) is 11.2. The van der Waals surface area contributed by atoms with E-state index >= 15 is 0 Å². The van der Waals surface area contributed by atoms with Gasteiger partial charge in [0, 0.05) is 22.9 Å². The van der Waals surface area contributed by atoms with Crippen LogP contribution in [0.3, 0.4) is 0 Å². The SMILES string of the molecule is CCN(CC)CCN1C(=O)C(O)=C(C(=O)c2cc3cccc(OC)c3o2)[C@H]1c1ccc(Br)cc1. The van der Waals surface area contributed by atoms with Crippen molar-refractivity contribution in [1.29, 1.82) is 0 Å². The van der Waals surface area contributed by atoms with E-state index in [1.54, 1.807) is 23.1 Å². The number of ether oxygens (including phenoxy) is 1. The largest absolute Gasteiger partial charge is 0.503 e. The Bertz CT molecular complexity index is 1240. The number of hydrogen-bond donors (Lipinski definition) is 1. The molecule has 1 amide bonds. The van der Waals surface area contributed by atoms with Crippen molar-refractivity contribution in [3.8, 4) is 5.75 Å². The number of Topliss-reactive ketones (excluding diaryl/α,β-unsaturated/α-hetero) is 1. The molecule has 0 spiro atoms. The predicted molar refractivity (Wildman–Crippen MR) is 133 cm³/mol. The van der Waals surface area contributed by atoms with Gasteiger partial charge < -0.3 is 24.1 Å². The molecule has 1 N–H and O–H groups in total. The maximum Gasteiger partial charge on any atom is 0.290 e. The number of fused-ring (bicyclic) bond motifs is 1. The second-order valence-corrected chi connectivity index (χ2v) is 8.98. The number of nitrogens with zero attached hydrogens (tertiary/aromatic N) is 2. The fourth-order valence-electron chi connectivity index (χ4n) is 4.34. The number of aliphatic hydroxyl groups excluding tert-OH is 1. The van der Waals surface area contributed by atoms with E-state index in [1.807, 2.05) is 30.3 Å². The first kappa shape index (κ1) is 24.0. The molecule has 0 fully saturated rings. The van der Waals surface area contributed by atoms with Gasteiger partial charge in [-0.15, -0.1) is 0 Å². The Balaban J connectivity index is 1.76. The number of methoxy groups -OCH3 is 1. The number of carbonyl (C=O) groups excluding carboxylic acids is 2. The lowest BCUT2D eigenvalue weighted by molar-refractivity contribution is -0.129. The third kappa shape index (κ3) is 4.35. The van der Waals surface area contributed by atoms with Crippen molar-refractivity contribution in [2.75, 3.05) is 33.3 Å². The molecule has 2 heterocycles. The van der Waals surface area contributed by atoms with Crippen molar-refractivity contribution in [1.82, 2.24) is 9.80 Å². The van der Waals surface area contributed by atoms with Crippen LogP contribution >= 0.6 is 15.9 Å². The number of carbonyl (C=O) groups is 2. The molecule has 7 nitrogen and oxygen atoms in total. The Morgan fingerprint density at radius 2 is 1.88 bits per heavy atom. The lowest BCUT2D eigenvalue weighted by Crippen LogP contribution is -2.38. The fourth-order valence-corrected chi connectivity index (χ4v) is 4.60. The molecule has 0 bridgehead atoms. The van der Waals surface area contributed by atoms with E-state index in [-0.39, 0.29) is 11.3 Å². The van der Waals surface area contributed by atoms with Gasteiger partial charge in [0.1, 0.15) is 0 Å². The highest BCUT2D eigenvalue weighted by atomic mass is 79.9. The maximum absolute atomic E-state index is 13.7. The minimum absolute atomic E-state index is 0.0184. The summed E-state index contributed by atoms with van der Waals surface area (Å²) < 4.78 is 12.1. The number of halogens is 1. The van der Waals surface area contributed by atoms with Gasteiger partial charge in [0.05, 0.1) is 18.7 Å². The van der Waals surface area contributed by atoms with Crippen molar-refractivity contribution in [2.24, 2.45) is 0 Å². The van der Waals surface area contributed by atoms with Gasteiger partial charge in [-0.2, -0.15) is 0 Å². The molecule has 8 heteroatoms. The topological polar surface area (TPSA) is 83.2 Å². The number of aliphatic hydroxyl groups is 1. The molecule has 178 valence electrons. The molecule has 0 radical (unpaired) electrons. The Morgan fingerprint density at radius 3 is 2.53 bits per heavy atom. The summed E-state index contributed by atoms with van der Waals surface area (Å²) in [5.74, 6) is -1.08. The third-order valence-corrected chi connectivity index (χ3v) is 6.77. The van der Waals surface area contributed by atoms with Gasteiger partial charge in [-0.05, 0) is 42.9 Å². The van der Waals surface area contributed by atoms with Gasteiger partial charge >= 0.3 is 0 Å². The second-order valence-electron chi connectivity index (χ2n) is 8.06. The Hall–Kier alpha value is -3.10. The molecule has 1 aromatic heterocycles. The Labute approximate surface area is 206 Å². The van der Waals surface area contributed by atoms with E-state index in [2.05, 4.69) is 34.7 Å². The normalized spacial score (nSPS) is 16.2. The summed E-state index contributed by atoms with van der Waals surface area (Å²) in [7, 11) is 1.53. The first-order chi connectivity index (χ1) is 16.4. The summed E-state index contributed by atoms with van der Waals surface area (Å²) >= 11 is 3.43. The van der Waals surface area contributed by atoms with E-state index in [1.165, 1.54) is 7.11 Å². The molecule has 4 rings (SSSR count). The number of hydrogen-bond acceptors (Lipinski definition) is 6. The van der Waals surface area contributed by atoms with Crippen LogP contribution in [0.1, 0.15) is 36.0 Å². The van der Waals surface area contributed by atoms with Crippen LogP contribution in [0.4, 0.5) is 0 Å². The minimum atomic E-state index is -0.723. The molecule has 3 aromatic rings. The van der Waals surface area contributed by atoms with Gasteiger partial charge in [0.2, 0.25) is 5.78 Å². The molecule has 1 atom stereocenters. The van der Waals surface area contributed by atoms with E-state index in [0.29, 0.717) is 29.8 Å². The number of likely N-dealkylation sites (N-methyl/N-ethyl adjacent to an activating group) is 1. The highest BCUT2D eigenvalue weighted by Crippen LogP contribution is 2.40. The summed E-state index contributed by atoms with van der Waals surface area (Å²) in [4.78, 5) is 30.6. The second kappa shape index (κ2) is 10.0. The van der Waals surface area contributed by atoms with Crippen molar-refractivity contribution in [2.45, 2.75) is 19.9 Å². The highest BCUT2D eigenvalue weighted by molar-refractivity contribution is 9.10. The van der Waals surface area contributed by atoms with Crippen LogP contribution in [0.15, 0.2) is 68.8 Å². The molecule has 0 saturated heterocycles. The highest BCUT2D eigenvalue weighted by Gasteiger charge is 2.44. The van der Waals surface area contributed by atoms with Crippen molar-refractivity contribution >= 4 is 38.6 Å². The molecule has 2 aromatic carbocycles. The molecule has 34 heavy (non-hydrogen) atoms. The van der Waals surface area contributed by atoms with Crippen LogP contribution in [0.2, 0.25) is 0 Å². The number of amides is 1. The number of rotatable bonds is 9. The van der Waals surface area contributed by atoms with Gasteiger partial charge in [-0.25, -0.2) is 0 Å². The van der Waals surface area contributed by atoms with Gasteiger partial charge in [0.25, 0.3) is 5.91 Å². The molecule has 1 aliphatic heterocycles. The number of para-hydroxylation sites is 1. The van der Waals surface area contributed by atoms with E-state index < -0.39 is 23.5 Å². The molecular formula is C26H27BrN2O5. The smallest absolute Gasteiger partial charge is 0.290 e. The minimum Gasteiger partial charge on any atom is -0.503 e. The van der Waals surface area contributed by atoms with Crippen molar-refractivity contribution in [3.63, 3.8) is 0 Å². The summed E-state index contributed by atoms with van der Waals surface area (Å²) in [6.07, 6.45) is 0. The monoisotopic (exact) mass is 526 g/mol. The number of furan rings is 1. The number of ketones is 1. The molecular weight excluding hydrogens is 500 g/mol. The van der Waals surface area contributed by atoms with Gasteiger partial charge in [0.15, 0.2) is 22.9 Å². The quantitative estimate of drug-likeness (QED) is 0.389. The first-order valence-corrected chi connectivity index (χ1v) is 12.0. The van der Waals surface area contributed by atoms with Crippen LogP contribution in [-0.4, -0.2) is 59.9 Å². The Morgan fingerprint density at radius 1 is 1.18 bits per heavy atom. The third-order valence-electron chi connectivity index (χ3n) is 6.24. The fraction of sp³-hybridized carbons (Fsp3) is 0.308. The van der Waals surface area contributed by atoms with Crippen molar-refractivity contribution in [3.05, 3.63) is 75.7 Å². The summed E-state index contributed by atoms with van der Waals surface area (Å²) in [6.45, 7) is 6.80. The zero-order chi connectivity index (χ0) is 24.4. The maximum atomic E-state index is 13.7. The molecule has 0 saturated carbocycles. The van der Waals surface area contributed by atoms with Crippen LogP contribution in [0.25, 0.3) is 11.0 Å². The Kier molecular flexibility index (Phi) is 7.09. The lowest BCUT2D eigenvalue weighted by Gasteiger charge is -2.29. The average molecular weight is 527 g/mol. The molecule has 0 aliphatic carbocycles. The van der Waals surface area contributed by atoms with E-state index in [4.69, 9.17) is 9.15 Å². The summed E-state index contributed by atoms with van der Waals surface area (Å²) in [5, 5.41) is 11.6. The van der Waals surface area contributed by atoms with Crippen LogP contribution < -0.4 is 4.74 Å². The number of benzene rings is 2. The predicted octanol–water partition coefficient (Wildman–Crippen LogP) is 5.12. The summed E-state index contributed by atoms with van der Waals surface area (Å²) in [6, 6.07) is 13.7. The van der Waals surface area contributed by atoms with Gasteiger partial charge in [-0.1, -0.05) is 54.0 Å². The zero-order valence-corrected chi connectivity index (χ0v) is 21.0. The molecule has 0 unspecified atom stereocenters. The van der Waals surface area contributed by atoms with Crippen LogP contribution in [-0.2, 0) is 4.79 Å². The van der Waals surface area contributed by atoms with Crippen LogP contribution in [0, 0.1) is 0 Å². The lowest BCUT2D eigenvalue weighted by atomic mass is 9.95. The van der Waals surface area contributed by atoms with E-state index in [9.17, 15) is 14.7 Å². The van der Waals surface area contributed by atoms with E-state index in [0.717, 1.165) is 23.1 Å². The molecule has 1 aliphatic rings.